The van der Waals surface area contributed by atoms with Crippen molar-refractivity contribution in [2.24, 2.45) is 0 Å². The third-order valence-electron chi connectivity index (χ3n) is 3.02. The third-order valence-corrected chi connectivity index (χ3v) is 3.33. The summed E-state index contributed by atoms with van der Waals surface area (Å²) in [5, 5.41) is 19.3. The minimum Gasteiger partial charge on any atom is -0.508 e. The highest BCUT2D eigenvalue weighted by atomic mass is 35.5. The number of fused-ring (bicyclic) bond motifs is 1. The number of carboxylic acids is 1. The lowest BCUT2D eigenvalue weighted by Crippen LogP contribution is -1.97. The largest absolute Gasteiger partial charge is 0.508 e. The van der Waals surface area contributed by atoms with Gasteiger partial charge in [0.2, 0.25) is 0 Å². The SMILES string of the molecule is O=C(O)c1ccc(-c2ncc3cc(O)ccc3n2)c(Cl)c1. The van der Waals surface area contributed by atoms with Crippen molar-refractivity contribution in [1.82, 2.24) is 9.97 Å². The molecule has 0 saturated carbocycles. The Bertz CT molecular complexity index is 865. The normalized spacial score (nSPS) is 10.7. The second kappa shape index (κ2) is 5.03. The first kappa shape index (κ1) is 13.3. The smallest absolute Gasteiger partial charge is 0.335 e. The van der Waals surface area contributed by atoms with E-state index in [1.807, 2.05) is 0 Å². The van der Waals surface area contributed by atoms with Crippen LogP contribution in [0, 0.1) is 0 Å². The van der Waals surface area contributed by atoms with E-state index in [0.29, 0.717) is 22.3 Å². The summed E-state index contributed by atoms with van der Waals surface area (Å²) in [5.41, 5.74) is 1.32. The van der Waals surface area contributed by atoms with Gasteiger partial charge in [-0.15, -0.1) is 0 Å². The molecular formula is C15H9ClN2O3. The van der Waals surface area contributed by atoms with Crippen molar-refractivity contribution in [1.29, 1.82) is 0 Å². The first-order valence-corrected chi connectivity index (χ1v) is 6.41. The molecule has 104 valence electrons. The van der Waals surface area contributed by atoms with Crippen LogP contribution < -0.4 is 0 Å². The Morgan fingerprint density at radius 2 is 1.95 bits per heavy atom. The molecular weight excluding hydrogens is 292 g/mol. The van der Waals surface area contributed by atoms with Crippen LogP contribution in [0.25, 0.3) is 22.3 Å². The number of aromatic carboxylic acids is 1. The van der Waals surface area contributed by atoms with Crippen LogP contribution in [0.1, 0.15) is 10.4 Å². The zero-order valence-corrected chi connectivity index (χ0v) is 11.4. The van der Waals surface area contributed by atoms with Crippen molar-refractivity contribution in [3.8, 4) is 17.1 Å². The van der Waals surface area contributed by atoms with Crippen LogP contribution in [0.5, 0.6) is 5.75 Å². The van der Waals surface area contributed by atoms with Gasteiger partial charge in [0.1, 0.15) is 5.75 Å². The van der Waals surface area contributed by atoms with Crippen LogP contribution in [0.2, 0.25) is 5.02 Å². The molecule has 0 aliphatic carbocycles. The number of aromatic hydroxyl groups is 1. The number of phenols is 1. The summed E-state index contributed by atoms with van der Waals surface area (Å²) in [7, 11) is 0. The number of carbonyl (C=O) groups is 1. The summed E-state index contributed by atoms with van der Waals surface area (Å²) in [6.07, 6.45) is 1.58. The predicted molar refractivity (Wildman–Crippen MR) is 78.6 cm³/mol. The molecule has 2 aromatic carbocycles. The van der Waals surface area contributed by atoms with Gasteiger partial charge in [0.15, 0.2) is 5.82 Å². The van der Waals surface area contributed by atoms with Gasteiger partial charge in [0, 0.05) is 17.1 Å². The summed E-state index contributed by atoms with van der Waals surface area (Å²) in [5.74, 6) is -0.504. The van der Waals surface area contributed by atoms with E-state index in [1.54, 1.807) is 24.4 Å². The molecule has 0 bridgehead atoms. The van der Waals surface area contributed by atoms with E-state index in [-0.39, 0.29) is 16.3 Å². The highest BCUT2D eigenvalue weighted by Gasteiger charge is 2.11. The van der Waals surface area contributed by atoms with Crippen LogP contribution in [0.4, 0.5) is 0 Å². The van der Waals surface area contributed by atoms with Gasteiger partial charge >= 0.3 is 5.97 Å². The maximum absolute atomic E-state index is 10.9. The summed E-state index contributed by atoms with van der Waals surface area (Å²) in [6, 6.07) is 9.17. The van der Waals surface area contributed by atoms with Gasteiger partial charge in [0.05, 0.1) is 16.1 Å². The van der Waals surface area contributed by atoms with Crippen molar-refractivity contribution >= 4 is 28.5 Å². The van der Waals surface area contributed by atoms with Crippen LogP contribution in [-0.4, -0.2) is 26.2 Å². The molecule has 0 radical (unpaired) electrons. The van der Waals surface area contributed by atoms with Crippen molar-refractivity contribution in [3.63, 3.8) is 0 Å². The van der Waals surface area contributed by atoms with Gasteiger partial charge < -0.3 is 10.2 Å². The van der Waals surface area contributed by atoms with E-state index in [2.05, 4.69) is 9.97 Å². The standard InChI is InChI=1S/C15H9ClN2O3/c16-12-6-8(15(20)21)1-3-11(12)14-17-7-9-5-10(19)2-4-13(9)18-14/h1-7,19H,(H,20,21). The van der Waals surface area contributed by atoms with Crippen LogP contribution >= 0.6 is 11.6 Å². The molecule has 1 aromatic heterocycles. The number of rotatable bonds is 2. The van der Waals surface area contributed by atoms with E-state index in [1.165, 1.54) is 18.2 Å². The Morgan fingerprint density at radius 1 is 1.14 bits per heavy atom. The summed E-state index contributed by atoms with van der Waals surface area (Å²) in [4.78, 5) is 19.5. The molecule has 1 heterocycles. The summed E-state index contributed by atoms with van der Waals surface area (Å²) in [6.45, 7) is 0. The van der Waals surface area contributed by atoms with Crippen molar-refractivity contribution in [3.05, 3.63) is 53.2 Å². The highest BCUT2D eigenvalue weighted by Crippen LogP contribution is 2.28. The number of hydrogen-bond acceptors (Lipinski definition) is 4. The average Bonchev–Trinajstić information content (AvgIpc) is 2.46. The van der Waals surface area contributed by atoms with Crippen molar-refractivity contribution in [2.75, 3.05) is 0 Å². The molecule has 3 aromatic rings. The minimum atomic E-state index is -1.04. The minimum absolute atomic E-state index is 0.106. The first-order chi connectivity index (χ1) is 10.0. The van der Waals surface area contributed by atoms with Gasteiger partial charge in [0.25, 0.3) is 0 Å². The second-order valence-electron chi connectivity index (χ2n) is 4.44. The Labute approximate surface area is 124 Å². The lowest BCUT2D eigenvalue weighted by Gasteiger charge is -2.05. The fourth-order valence-electron chi connectivity index (χ4n) is 1.98. The maximum Gasteiger partial charge on any atom is 0.335 e. The van der Waals surface area contributed by atoms with Gasteiger partial charge in [-0.1, -0.05) is 11.6 Å². The van der Waals surface area contributed by atoms with E-state index in [9.17, 15) is 9.90 Å². The number of aromatic nitrogens is 2. The number of nitrogens with zero attached hydrogens (tertiary/aromatic N) is 2. The lowest BCUT2D eigenvalue weighted by atomic mass is 10.1. The van der Waals surface area contributed by atoms with Crippen LogP contribution in [0.15, 0.2) is 42.6 Å². The van der Waals surface area contributed by atoms with Gasteiger partial charge in [-0.25, -0.2) is 14.8 Å². The van der Waals surface area contributed by atoms with E-state index >= 15 is 0 Å². The number of phenolic OH excluding ortho intramolecular Hbond substituents is 1. The molecule has 0 fully saturated rings. The topological polar surface area (TPSA) is 83.3 Å². The second-order valence-corrected chi connectivity index (χ2v) is 4.84. The Morgan fingerprint density at radius 3 is 2.67 bits per heavy atom. The Kier molecular flexibility index (Phi) is 3.19. The number of benzene rings is 2. The first-order valence-electron chi connectivity index (χ1n) is 6.03. The van der Waals surface area contributed by atoms with Gasteiger partial charge in [-0.05, 0) is 36.4 Å². The lowest BCUT2D eigenvalue weighted by molar-refractivity contribution is 0.0697. The van der Waals surface area contributed by atoms with Crippen LogP contribution in [-0.2, 0) is 0 Å². The molecule has 0 atom stereocenters. The zero-order valence-electron chi connectivity index (χ0n) is 10.6. The Balaban J connectivity index is 2.12. The number of halogens is 1. The number of carboxylic acid groups (broad SMARTS) is 1. The Hall–Kier alpha value is -2.66. The zero-order chi connectivity index (χ0) is 15.0. The highest BCUT2D eigenvalue weighted by molar-refractivity contribution is 6.33. The van der Waals surface area contributed by atoms with Gasteiger partial charge in [-0.2, -0.15) is 0 Å². The molecule has 0 aliphatic heterocycles. The van der Waals surface area contributed by atoms with E-state index in [4.69, 9.17) is 16.7 Å². The fourth-order valence-corrected chi connectivity index (χ4v) is 2.25. The molecule has 0 spiro atoms. The molecule has 0 saturated heterocycles. The molecule has 0 aliphatic rings. The molecule has 3 rings (SSSR count). The van der Waals surface area contributed by atoms with Crippen molar-refractivity contribution < 1.29 is 15.0 Å². The molecule has 21 heavy (non-hydrogen) atoms. The quantitative estimate of drug-likeness (QED) is 0.758. The summed E-state index contributed by atoms with van der Waals surface area (Å²) < 4.78 is 0. The van der Waals surface area contributed by atoms with E-state index in [0.717, 1.165) is 0 Å². The molecule has 0 amide bonds. The third kappa shape index (κ3) is 2.51. The summed E-state index contributed by atoms with van der Waals surface area (Å²) >= 11 is 6.10. The monoisotopic (exact) mass is 300 g/mol. The average molecular weight is 301 g/mol. The van der Waals surface area contributed by atoms with Crippen molar-refractivity contribution in [2.45, 2.75) is 0 Å². The van der Waals surface area contributed by atoms with Gasteiger partial charge in [-0.3, -0.25) is 0 Å². The predicted octanol–water partition coefficient (Wildman–Crippen LogP) is 3.35. The molecule has 0 unspecified atom stereocenters. The van der Waals surface area contributed by atoms with E-state index < -0.39 is 5.97 Å². The molecule has 5 nitrogen and oxygen atoms in total. The molecule has 2 N–H and O–H groups in total. The van der Waals surface area contributed by atoms with Crippen LogP contribution in [0.3, 0.4) is 0 Å². The molecule has 6 heteroatoms. The fraction of sp³-hybridized carbons (Fsp3) is 0. The maximum atomic E-state index is 10.9. The number of hydrogen-bond donors (Lipinski definition) is 2.